The highest BCUT2D eigenvalue weighted by Crippen LogP contribution is 2.06. The number of benzene rings is 1. The van der Waals surface area contributed by atoms with Crippen molar-refractivity contribution in [1.82, 2.24) is 19.9 Å². The first-order chi connectivity index (χ1) is 8.92. The maximum Gasteiger partial charge on any atom is 0.245 e. The monoisotopic (exact) mass is 238 g/mol. The average molecular weight is 238 g/mol. The molecule has 6 heteroatoms. The maximum atomic E-state index is 4.19. The van der Waals surface area contributed by atoms with Crippen LogP contribution in [0, 0.1) is 0 Å². The standard InChI is InChI=1S/C12H10N6/c1-2-4-9(5-3-1)6-16-18-12-13-7-10-11(17-12)15-8-14-10/h1-8H,(H2,13,14,15,17,18)/b16-6+. The van der Waals surface area contributed by atoms with Crippen molar-refractivity contribution in [2.24, 2.45) is 5.10 Å². The number of fused-ring (bicyclic) bond motifs is 1. The number of aromatic nitrogens is 4. The number of nitrogens with zero attached hydrogens (tertiary/aromatic N) is 4. The van der Waals surface area contributed by atoms with Gasteiger partial charge in [0.1, 0.15) is 5.52 Å². The zero-order chi connectivity index (χ0) is 12.2. The van der Waals surface area contributed by atoms with Gasteiger partial charge in [-0.05, 0) is 5.56 Å². The zero-order valence-corrected chi connectivity index (χ0v) is 9.41. The zero-order valence-electron chi connectivity index (χ0n) is 9.41. The minimum absolute atomic E-state index is 0.418. The van der Waals surface area contributed by atoms with Crippen molar-refractivity contribution in [3.8, 4) is 0 Å². The van der Waals surface area contributed by atoms with E-state index < -0.39 is 0 Å². The molecular formula is C12H10N6. The van der Waals surface area contributed by atoms with Crippen LogP contribution in [0.15, 0.2) is 48.0 Å². The first-order valence-electron chi connectivity index (χ1n) is 5.42. The molecule has 6 nitrogen and oxygen atoms in total. The highest BCUT2D eigenvalue weighted by atomic mass is 15.3. The van der Waals surface area contributed by atoms with Crippen LogP contribution in [-0.4, -0.2) is 26.2 Å². The summed E-state index contributed by atoms with van der Waals surface area (Å²) in [6.45, 7) is 0. The smallest absolute Gasteiger partial charge is 0.245 e. The summed E-state index contributed by atoms with van der Waals surface area (Å²) in [4.78, 5) is 15.3. The van der Waals surface area contributed by atoms with Gasteiger partial charge >= 0.3 is 0 Å². The van der Waals surface area contributed by atoms with Gasteiger partial charge in [-0.25, -0.2) is 15.4 Å². The van der Waals surface area contributed by atoms with E-state index in [1.165, 1.54) is 0 Å². The molecule has 0 spiro atoms. The predicted molar refractivity (Wildman–Crippen MR) is 69.3 cm³/mol. The van der Waals surface area contributed by atoms with Gasteiger partial charge < -0.3 is 4.98 Å². The van der Waals surface area contributed by atoms with E-state index >= 15 is 0 Å². The number of nitrogens with one attached hydrogen (secondary N) is 2. The Morgan fingerprint density at radius 3 is 2.94 bits per heavy atom. The second-order valence-corrected chi connectivity index (χ2v) is 3.61. The Labute approximate surface area is 103 Å². The molecule has 88 valence electrons. The molecule has 0 aliphatic heterocycles. The van der Waals surface area contributed by atoms with Gasteiger partial charge in [-0.15, -0.1) is 0 Å². The lowest BCUT2D eigenvalue weighted by molar-refractivity contribution is 1.14. The van der Waals surface area contributed by atoms with E-state index in [9.17, 15) is 0 Å². The summed E-state index contributed by atoms with van der Waals surface area (Å²) in [5, 5.41) is 4.07. The second-order valence-electron chi connectivity index (χ2n) is 3.61. The molecule has 3 rings (SSSR count). The van der Waals surface area contributed by atoms with Gasteiger partial charge in [0.15, 0.2) is 5.65 Å². The molecule has 0 saturated carbocycles. The molecule has 18 heavy (non-hydrogen) atoms. The third kappa shape index (κ3) is 2.17. The molecule has 0 saturated heterocycles. The van der Waals surface area contributed by atoms with Crippen molar-refractivity contribution in [1.29, 1.82) is 0 Å². The minimum atomic E-state index is 0.418. The van der Waals surface area contributed by atoms with Crippen LogP contribution in [0.3, 0.4) is 0 Å². The molecule has 1 aromatic carbocycles. The molecule has 2 aromatic heterocycles. The molecular weight excluding hydrogens is 228 g/mol. The van der Waals surface area contributed by atoms with Crippen molar-refractivity contribution >= 4 is 23.3 Å². The highest BCUT2D eigenvalue weighted by Gasteiger charge is 1.99. The first-order valence-corrected chi connectivity index (χ1v) is 5.42. The largest absolute Gasteiger partial charge is 0.342 e. The van der Waals surface area contributed by atoms with Crippen LogP contribution < -0.4 is 5.43 Å². The molecule has 0 radical (unpaired) electrons. The lowest BCUT2D eigenvalue weighted by atomic mass is 10.2. The molecule has 0 fully saturated rings. The number of H-pyrrole nitrogens is 1. The summed E-state index contributed by atoms with van der Waals surface area (Å²) in [6.07, 6.45) is 4.95. The molecule has 3 aromatic rings. The van der Waals surface area contributed by atoms with E-state index in [0.29, 0.717) is 11.6 Å². The number of imidazole rings is 1. The molecule has 0 bridgehead atoms. The fraction of sp³-hybridized carbons (Fsp3) is 0. The number of anilines is 1. The van der Waals surface area contributed by atoms with Gasteiger partial charge in [0, 0.05) is 0 Å². The lowest BCUT2D eigenvalue weighted by Gasteiger charge is -1.97. The lowest BCUT2D eigenvalue weighted by Crippen LogP contribution is -1.96. The van der Waals surface area contributed by atoms with Crippen LogP contribution >= 0.6 is 0 Å². The number of aromatic amines is 1. The molecule has 0 amide bonds. The third-order valence-electron chi connectivity index (χ3n) is 2.35. The van der Waals surface area contributed by atoms with Gasteiger partial charge in [0.2, 0.25) is 5.95 Å². The number of hydrazone groups is 1. The van der Waals surface area contributed by atoms with Gasteiger partial charge in [-0.2, -0.15) is 10.1 Å². The van der Waals surface area contributed by atoms with Crippen LogP contribution in [0.25, 0.3) is 11.2 Å². The summed E-state index contributed by atoms with van der Waals surface area (Å²) >= 11 is 0. The SMILES string of the molecule is C(=N\Nc1ncc2[nH]cnc2n1)/c1ccccc1. The fourth-order valence-electron chi connectivity index (χ4n) is 1.49. The van der Waals surface area contributed by atoms with E-state index in [1.54, 1.807) is 18.7 Å². The minimum Gasteiger partial charge on any atom is -0.342 e. The van der Waals surface area contributed by atoms with E-state index in [2.05, 4.69) is 30.5 Å². The predicted octanol–water partition coefficient (Wildman–Crippen LogP) is 1.80. The summed E-state index contributed by atoms with van der Waals surface area (Å²) < 4.78 is 0. The maximum absolute atomic E-state index is 4.19. The molecule has 0 aliphatic rings. The van der Waals surface area contributed by atoms with Crippen LogP contribution in [0.1, 0.15) is 5.56 Å². The topological polar surface area (TPSA) is 78.9 Å². The van der Waals surface area contributed by atoms with Gasteiger partial charge in [0.05, 0.1) is 18.7 Å². The van der Waals surface area contributed by atoms with E-state index in [0.717, 1.165) is 11.1 Å². The molecule has 0 unspecified atom stereocenters. The van der Waals surface area contributed by atoms with E-state index in [-0.39, 0.29) is 0 Å². The molecule has 0 aliphatic carbocycles. The molecule has 2 N–H and O–H groups in total. The Morgan fingerprint density at radius 2 is 2.06 bits per heavy atom. The number of hydrogen-bond donors (Lipinski definition) is 2. The van der Waals surface area contributed by atoms with Crippen molar-refractivity contribution in [3.63, 3.8) is 0 Å². The Balaban J connectivity index is 1.74. The summed E-state index contributed by atoms with van der Waals surface area (Å²) in [6, 6.07) is 9.78. The molecule has 2 heterocycles. The first kappa shape index (κ1) is 10.4. The van der Waals surface area contributed by atoms with E-state index in [1.807, 2.05) is 30.3 Å². The van der Waals surface area contributed by atoms with Gasteiger partial charge in [-0.3, -0.25) is 0 Å². The average Bonchev–Trinajstić information content (AvgIpc) is 2.87. The van der Waals surface area contributed by atoms with Crippen LogP contribution in [-0.2, 0) is 0 Å². The van der Waals surface area contributed by atoms with Crippen molar-refractivity contribution < 1.29 is 0 Å². The van der Waals surface area contributed by atoms with Crippen LogP contribution in [0.5, 0.6) is 0 Å². The number of hydrogen-bond acceptors (Lipinski definition) is 5. The number of rotatable bonds is 3. The normalized spacial score (nSPS) is 11.1. The van der Waals surface area contributed by atoms with Crippen LogP contribution in [0.2, 0.25) is 0 Å². The highest BCUT2D eigenvalue weighted by molar-refractivity contribution is 5.80. The Bertz CT molecular complexity index is 673. The summed E-state index contributed by atoms with van der Waals surface area (Å²) in [5.41, 5.74) is 5.19. The summed E-state index contributed by atoms with van der Waals surface area (Å²) in [5.74, 6) is 0.418. The second kappa shape index (κ2) is 4.62. The summed E-state index contributed by atoms with van der Waals surface area (Å²) in [7, 11) is 0. The molecule has 0 atom stereocenters. The fourth-order valence-corrected chi connectivity index (χ4v) is 1.49. The van der Waals surface area contributed by atoms with Crippen molar-refractivity contribution in [2.75, 3.05) is 5.43 Å². The Kier molecular flexibility index (Phi) is 2.67. The quantitative estimate of drug-likeness (QED) is 0.538. The van der Waals surface area contributed by atoms with Gasteiger partial charge in [-0.1, -0.05) is 30.3 Å². The van der Waals surface area contributed by atoms with Crippen molar-refractivity contribution in [2.45, 2.75) is 0 Å². The van der Waals surface area contributed by atoms with Crippen molar-refractivity contribution in [3.05, 3.63) is 48.4 Å². The Morgan fingerprint density at radius 1 is 1.17 bits per heavy atom. The third-order valence-corrected chi connectivity index (χ3v) is 2.35. The van der Waals surface area contributed by atoms with E-state index in [4.69, 9.17) is 0 Å². The van der Waals surface area contributed by atoms with Crippen LogP contribution in [0.4, 0.5) is 5.95 Å². The van der Waals surface area contributed by atoms with Gasteiger partial charge in [0.25, 0.3) is 0 Å². The Hall–Kier alpha value is -2.76.